The zero-order chi connectivity index (χ0) is 14.5. The van der Waals surface area contributed by atoms with E-state index in [0.717, 1.165) is 27.5 Å². The number of halogens is 1. The van der Waals surface area contributed by atoms with Gasteiger partial charge in [-0.25, -0.2) is 0 Å². The van der Waals surface area contributed by atoms with Crippen LogP contribution in [0.2, 0.25) is 5.02 Å². The molecule has 0 aliphatic heterocycles. The molecule has 0 saturated carbocycles. The predicted octanol–water partition coefficient (Wildman–Crippen LogP) is 4.22. The molecule has 104 valence electrons. The van der Waals surface area contributed by atoms with Crippen molar-refractivity contribution < 1.29 is 4.79 Å². The third-order valence-corrected chi connectivity index (χ3v) is 3.32. The molecule has 1 amide bonds. The molecule has 0 atom stereocenters. The van der Waals surface area contributed by atoms with Crippen molar-refractivity contribution in [2.45, 2.75) is 20.4 Å². The Balaban J connectivity index is 2.03. The van der Waals surface area contributed by atoms with E-state index >= 15 is 0 Å². The Morgan fingerprint density at radius 1 is 1.15 bits per heavy atom. The van der Waals surface area contributed by atoms with Gasteiger partial charge in [0.1, 0.15) is 0 Å². The van der Waals surface area contributed by atoms with Gasteiger partial charge in [-0.2, -0.15) is 0 Å². The molecule has 0 aromatic heterocycles. The maximum Gasteiger partial charge on any atom is 0.221 e. The summed E-state index contributed by atoms with van der Waals surface area (Å²) in [6, 6.07) is 13.6. The summed E-state index contributed by atoms with van der Waals surface area (Å²) < 4.78 is 0. The van der Waals surface area contributed by atoms with Crippen LogP contribution in [0.25, 0.3) is 0 Å². The van der Waals surface area contributed by atoms with Gasteiger partial charge in [0.2, 0.25) is 5.91 Å². The lowest BCUT2D eigenvalue weighted by Gasteiger charge is -2.09. The Bertz CT molecular complexity index is 626. The first-order valence-electron chi connectivity index (χ1n) is 6.41. The fourth-order valence-electron chi connectivity index (χ4n) is 1.86. The zero-order valence-electron chi connectivity index (χ0n) is 11.5. The van der Waals surface area contributed by atoms with Crippen molar-refractivity contribution in [3.05, 3.63) is 58.6 Å². The molecule has 2 N–H and O–H groups in total. The third-order valence-electron chi connectivity index (χ3n) is 2.92. The molecule has 0 heterocycles. The molecular formula is C16H17ClN2O. The fraction of sp³-hybridized carbons (Fsp3) is 0.188. The summed E-state index contributed by atoms with van der Waals surface area (Å²) in [7, 11) is 0. The lowest BCUT2D eigenvalue weighted by atomic mass is 10.1. The summed E-state index contributed by atoms with van der Waals surface area (Å²) in [5.74, 6) is -0.0764. The van der Waals surface area contributed by atoms with Gasteiger partial charge < -0.3 is 10.6 Å². The van der Waals surface area contributed by atoms with E-state index in [0.29, 0.717) is 6.54 Å². The molecule has 20 heavy (non-hydrogen) atoms. The molecular weight excluding hydrogens is 272 g/mol. The molecule has 4 heteroatoms. The van der Waals surface area contributed by atoms with E-state index in [1.54, 1.807) is 0 Å². The van der Waals surface area contributed by atoms with Gasteiger partial charge in [-0.15, -0.1) is 0 Å². The fourth-order valence-corrected chi connectivity index (χ4v) is 2.06. The minimum atomic E-state index is -0.0764. The lowest BCUT2D eigenvalue weighted by Crippen LogP contribution is -2.06. The zero-order valence-corrected chi connectivity index (χ0v) is 12.3. The van der Waals surface area contributed by atoms with Crippen LogP contribution in [0.15, 0.2) is 42.5 Å². The van der Waals surface area contributed by atoms with Crippen LogP contribution in [0.5, 0.6) is 0 Å². The smallest absolute Gasteiger partial charge is 0.221 e. The van der Waals surface area contributed by atoms with Crippen molar-refractivity contribution in [3.63, 3.8) is 0 Å². The minimum absolute atomic E-state index is 0.0764. The van der Waals surface area contributed by atoms with Gasteiger partial charge in [-0.1, -0.05) is 29.8 Å². The van der Waals surface area contributed by atoms with Crippen LogP contribution in [0.4, 0.5) is 11.4 Å². The van der Waals surface area contributed by atoms with Crippen LogP contribution in [0.1, 0.15) is 18.1 Å². The molecule has 2 aromatic carbocycles. The van der Waals surface area contributed by atoms with Crippen molar-refractivity contribution in [2.24, 2.45) is 0 Å². The number of carbonyl (C=O) groups excluding carboxylic acids is 1. The molecule has 0 aliphatic carbocycles. The predicted molar refractivity (Wildman–Crippen MR) is 84.3 cm³/mol. The van der Waals surface area contributed by atoms with Crippen molar-refractivity contribution in [3.8, 4) is 0 Å². The third kappa shape index (κ3) is 4.00. The number of benzene rings is 2. The minimum Gasteiger partial charge on any atom is -0.381 e. The van der Waals surface area contributed by atoms with E-state index in [2.05, 4.69) is 10.6 Å². The van der Waals surface area contributed by atoms with Crippen molar-refractivity contribution in [2.75, 3.05) is 10.6 Å². The first-order valence-corrected chi connectivity index (χ1v) is 6.79. The first kappa shape index (κ1) is 14.4. The molecule has 2 rings (SSSR count). The number of amides is 1. The molecule has 0 bridgehead atoms. The molecule has 0 fully saturated rings. The highest BCUT2D eigenvalue weighted by Gasteiger charge is 2.00. The van der Waals surface area contributed by atoms with E-state index in [1.807, 2.05) is 49.4 Å². The van der Waals surface area contributed by atoms with Gasteiger partial charge in [0.25, 0.3) is 0 Å². The Morgan fingerprint density at radius 2 is 1.90 bits per heavy atom. The topological polar surface area (TPSA) is 41.1 Å². The molecule has 2 aromatic rings. The van der Waals surface area contributed by atoms with Crippen LogP contribution in [-0.4, -0.2) is 5.91 Å². The molecule has 3 nitrogen and oxygen atoms in total. The number of hydrogen-bond donors (Lipinski definition) is 2. The van der Waals surface area contributed by atoms with Gasteiger partial charge in [-0.05, 0) is 42.3 Å². The van der Waals surface area contributed by atoms with E-state index in [-0.39, 0.29) is 5.91 Å². The van der Waals surface area contributed by atoms with E-state index < -0.39 is 0 Å². The molecule has 0 radical (unpaired) electrons. The number of aryl methyl sites for hydroxylation is 1. The number of rotatable bonds is 4. The second-order valence-electron chi connectivity index (χ2n) is 4.70. The molecule has 0 spiro atoms. The number of nitrogens with one attached hydrogen (secondary N) is 2. The summed E-state index contributed by atoms with van der Waals surface area (Å²) in [6.07, 6.45) is 0. The monoisotopic (exact) mass is 288 g/mol. The highest BCUT2D eigenvalue weighted by molar-refractivity contribution is 6.31. The van der Waals surface area contributed by atoms with Crippen LogP contribution in [0.3, 0.4) is 0 Å². The molecule has 0 unspecified atom stereocenters. The maximum absolute atomic E-state index is 11.0. The Morgan fingerprint density at radius 3 is 2.60 bits per heavy atom. The van der Waals surface area contributed by atoms with Gasteiger partial charge in [0.15, 0.2) is 0 Å². The summed E-state index contributed by atoms with van der Waals surface area (Å²) in [4.78, 5) is 11.0. The van der Waals surface area contributed by atoms with Crippen LogP contribution in [-0.2, 0) is 11.3 Å². The quantitative estimate of drug-likeness (QED) is 0.884. The van der Waals surface area contributed by atoms with Crippen molar-refractivity contribution in [1.82, 2.24) is 0 Å². The van der Waals surface area contributed by atoms with E-state index in [1.165, 1.54) is 6.92 Å². The number of anilines is 2. The van der Waals surface area contributed by atoms with E-state index in [9.17, 15) is 4.79 Å². The normalized spacial score (nSPS) is 10.2. The summed E-state index contributed by atoms with van der Waals surface area (Å²) >= 11 is 6.10. The van der Waals surface area contributed by atoms with Crippen LogP contribution >= 0.6 is 11.6 Å². The summed E-state index contributed by atoms with van der Waals surface area (Å²) in [6.45, 7) is 4.16. The SMILES string of the molecule is CC(=O)Nc1cccc(NCc2ccc(C)c(Cl)c2)c1. The summed E-state index contributed by atoms with van der Waals surface area (Å²) in [5.41, 5.74) is 3.92. The highest BCUT2D eigenvalue weighted by atomic mass is 35.5. The second-order valence-corrected chi connectivity index (χ2v) is 5.11. The first-order chi connectivity index (χ1) is 9.54. The van der Waals surface area contributed by atoms with Gasteiger partial charge >= 0.3 is 0 Å². The highest BCUT2D eigenvalue weighted by Crippen LogP contribution is 2.19. The number of hydrogen-bond acceptors (Lipinski definition) is 2. The maximum atomic E-state index is 11.0. The standard InChI is InChI=1S/C16H17ClN2O/c1-11-6-7-13(8-16(11)17)10-18-14-4-3-5-15(9-14)19-12(2)20/h3-9,18H,10H2,1-2H3,(H,19,20). The average Bonchev–Trinajstić information content (AvgIpc) is 2.40. The Kier molecular flexibility index (Phi) is 4.64. The van der Waals surface area contributed by atoms with Crippen LogP contribution in [0, 0.1) is 6.92 Å². The molecule has 0 aliphatic rings. The average molecular weight is 289 g/mol. The summed E-state index contributed by atoms with van der Waals surface area (Å²) in [5, 5.41) is 6.85. The van der Waals surface area contributed by atoms with Crippen molar-refractivity contribution in [1.29, 1.82) is 0 Å². The van der Waals surface area contributed by atoms with Crippen LogP contribution < -0.4 is 10.6 Å². The van der Waals surface area contributed by atoms with Gasteiger partial charge in [0, 0.05) is 29.9 Å². The molecule has 0 saturated heterocycles. The van der Waals surface area contributed by atoms with Crippen molar-refractivity contribution >= 4 is 28.9 Å². The second kappa shape index (κ2) is 6.44. The van der Waals surface area contributed by atoms with Gasteiger partial charge in [-0.3, -0.25) is 4.79 Å². The van der Waals surface area contributed by atoms with Gasteiger partial charge in [0.05, 0.1) is 0 Å². The lowest BCUT2D eigenvalue weighted by molar-refractivity contribution is -0.114. The number of carbonyl (C=O) groups is 1. The van der Waals surface area contributed by atoms with E-state index in [4.69, 9.17) is 11.6 Å². The largest absolute Gasteiger partial charge is 0.381 e. The Labute approximate surface area is 124 Å². The Hall–Kier alpha value is -2.00.